The van der Waals surface area contributed by atoms with Crippen LogP contribution in [0.5, 0.6) is 5.75 Å². The molecular weight excluding hydrogens is 343 g/mol. The molecule has 0 saturated carbocycles. The van der Waals surface area contributed by atoms with Crippen molar-refractivity contribution in [3.63, 3.8) is 0 Å². The summed E-state index contributed by atoms with van der Waals surface area (Å²) in [5.41, 5.74) is 0.241. The van der Waals surface area contributed by atoms with Gasteiger partial charge in [-0.2, -0.15) is 0 Å². The van der Waals surface area contributed by atoms with Crippen molar-refractivity contribution in [1.29, 1.82) is 0 Å². The van der Waals surface area contributed by atoms with Gasteiger partial charge in [0.15, 0.2) is 3.95 Å². The molecule has 2 aromatic carbocycles. The van der Waals surface area contributed by atoms with Crippen LogP contribution >= 0.6 is 23.6 Å². The van der Waals surface area contributed by atoms with E-state index in [1.54, 1.807) is 11.4 Å². The molecule has 0 amide bonds. The zero-order chi connectivity index (χ0) is 16.4. The van der Waals surface area contributed by atoms with Crippen LogP contribution in [0.3, 0.4) is 0 Å². The fourth-order valence-electron chi connectivity index (χ4n) is 2.09. The van der Waals surface area contributed by atoms with Gasteiger partial charge in [-0.25, -0.2) is 13.2 Å². The summed E-state index contributed by atoms with van der Waals surface area (Å²) < 4.78 is 48.2. The van der Waals surface area contributed by atoms with E-state index < -0.39 is 17.5 Å². The molecule has 0 spiro atoms. The molecule has 0 aliphatic heterocycles. The van der Waals surface area contributed by atoms with Gasteiger partial charge in [0, 0.05) is 11.4 Å². The Balaban J connectivity index is 1.95. The highest BCUT2D eigenvalue weighted by Gasteiger charge is 2.16. The van der Waals surface area contributed by atoms with Gasteiger partial charge in [-0.3, -0.25) is 4.57 Å². The number of thiazole rings is 1. The second kappa shape index (κ2) is 6.55. The normalized spacial score (nSPS) is 10.7. The summed E-state index contributed by atoms with van der Waals surface area (Å²) in [6, 6.07) is 9.25. The molecule has 3 rings (SSSR count). The summed E-state index contributed by atoms with van der Waals surface area (Å²) in [6.07, 6.45) is 0. The Labute approximate surface area is 139 Å². The van der Waals surface area contributed by atoms with Gasteiger partial charge < -0.3 is 4.74 Å². The Kier molecular flexibility index (Phi) is 4.49. The van der Waals surface area contributed by atoms with Crippen LogP contribution in [-0.2, 0) is 6.61 Å². The predicted molar refractivity (Wildman–Crippen MR) is 85.1 cm³/mol. The van der Waals surface area contributed by atoms with Crippen molar-refractivity contribution in [2.24, 2.45) is 0 Å². The molecule has 2 nitrogen and oxygen atoms in total. The molecule has 0 radical (unpaired) electrons. The maximum atomic E-state index is 14.0. The van der Waals surface area contributed by atoms with Crippen molar-refractivity contribution in [2.75, 3.05) is 0 Å². The zero-order valence-electron chi connectivity index (χ0n) is 11.6. The maximum absolute atomic E-state index is 14.0. The van der Waals surface area contributed by atoms with Crippen LogP contribution in [0.4, 0.5) is 13.2 Å². The third kappa shape index (κ3) is 3.30. The minimum atomic E-state index is -0.716. The molecule has 0 unspecified atom stereocenters. The van der Waals surface area contributed by atoms with Crippen LogP contribution in [0.2, 0.25) is 0 Å². The van der Waals surface area contributed by atoms with Crippen molar-refractivity contribution in [2.45, 2.75) is 6.61 Å². The summed E-state index contributed by atoms with van der Waals surface area (Å²) in [7, 11) is 0. The number of ether oxygens (including phenoxy) is 1. The van der Waals surface area contributed by atoms with E-state index in [4.69, 9.17) is 17.0 Å². The van der Waals surface area contributed by atoms with Gasteiger partial charge in [-0.05, 0) is 36.5 Å². The van der Waals surface area contributed by atoms with Crippen LogP contribution in [0, 0.1) is 21.4 Å². The van der Waals surface area contributed by atoms with Gasteiger partial charge in [-0.15, -0.1) is 11.3 Å². The van der Waals surface area contributed by atoms with E-state index in [1.807, 2.05) is 0 Å². The minimum absolute atomic E-state index is 0.00433. The van der Waals surface area contributed by atoms with E-state index in [1.165, 1.54) is 40.2 Å². The van der Waals surface area contributed by atoms with Gasteiger partial charge in [0.2, 0.25) is 0 Å². The van der Waals surface area contributed by atoms with Crippen molar-refractivity contribution in [3.8, 4) is 11.4 Å². The molecule has 23 heavy (non-hydrogen) atoms. The molecule has 0 aliphatic rings. The largest absolute Gasteiger partial charge is 0.487 e. The summed E-state index contributed by atoms with van der Waals surface area (Å²) >= 11 is 6.33. The van der Waals surface area contributed by atoms with Crippen molar-refractivity contribution in [3.05, 3.63) is 74.9 Å². The number of rotatable bonds is 4. The number of benzene rings is 2. The van der Waals surface area contributed by atoms with E-state index in [0.717, 1.165) is 12.1 Å². The Morgan fingerprint density at radius 2 is 1.74 bits per heavy atom. The van der Waals surface area contributed by atoms with Crippen molar-refractivity contribution < 1.29 is 17.9 Å². The quantitative estimate of drug-likeness (QED) is 0.594. The van der Waals surface area contributed by atoms with Gasteiger partial charge >= 0.3 is 0 Å². The molecule has 1 aromatic heterocycles. The molecule has 0 atom stereocenters. The number of para-hydroxylation sites is 1. The predicted octanol–water partition coefficient (Wildman–Crippen LogP) is 5.26. The second-order valence-corrected chi connectivity index (χ2v) is 6.15. The molecule has 118 valence electrons. The lowest BCUT2D eigenvalue weighted by Crippen LogP contribution is -2.08. The van der Waals surface area contributed by atoms with E-state index in [2.05, 4.69) is 0 Å². The number of hydrogen-bond acceptors (Lipinski definition) is 3. The highest BCUT2D eigenvalue weighted by Crippen LogP contribution is 2.24. The Bertz CT molecular complexity index is 884. The monoisotopic (exact) mass is 353 g/mol. The average molecular weight is 353 g/mol. The minimum Gasteiger partial charge on any atom is -0.487 e. The van der Waals surface area contributed by atoms with Crippen LogP contribution in [-0.4, -0.2) is 4.57 Å². The van der Waals surface area contributed by atoms with Gasteiger partial charge in [0.05, 0.1) is 5.69 Å². The molecule has 0 saturated heterocycles. The molecule has 0 aliphatic carbocycles. The third-order valence-corrected chi connectivity index (χ3v) is 4.35. The lowest BCUT2D eigenvalue weighted by molar-refractivity contribution is 0.297. The van der Waals surface area contributed by atoms with Crippen LogP contribution in [0.25, 0.3) is 5.69 Å². The Morgan fingerprint density at radius 1 is 1.04 bits per heavy atom. The number of hydrogen-bond donors (Lipinski definition) is 0. The topological polar surface area (TPSA) is 14.2 Å². The molecular formula is C16H10F3NOS2. The number of halogens is 3. The molecule has 0 N–H and O–H groups in total. The molecule has 0 bridgehead atoms. The Hall–Kier alpha value is -2.12. The summed E-state index contributed by atoms with van der Waals surface area (Å²) in [5.74, 6) is -1.54. The van der Waals surface area contributed by atoms with E-state index >= 15 is 0 Å². The lowest BCUT2D eigenvalue weighted by Gasteiger charge is -2.12. The van der Waals surface area contributed by atoms with E-state index in [9.17, 15) is 13.2 Å². The van der Waals surface area contributed by atoms with Crippen molar-refractivity contribution in [1.82, 2.24) is 4.57 Å². The average Bonchev–Trinajstić information content (AvgIpc) is 2.86. The first-order valence-corrected chi connectivity index (χ1v) is 7.87. The molecule has 3 aromatic rings. The summed E-state index contributed by atoms with van der Waals surface area (Å²) in [4.78, 5) is 0. The first-order valence-electron chi connectivity index (χ1n) is 6.58. The van der Waals surface area contributed by atoms with Crippen LogP contribution in [0.15, 0.2) is 47.8 Å². The fraction of sp³-hybridized carbons (Fsp3) is 0.0625. The summed E-state index contributed by atoms with van der Waals surface area (Å²) in [5, 5.41) is 1.66. The lowest BCUT2D eigenvalue weighted by atomic mass is 10.2. The van der Waals surface area contributed by atoms with Gasteiger partial charge in [0.1, 0.15) is 35.5 Å². The highest BCUT2D eigenvalue weighted by atomic mass is 32.1. The van der Waals surface area contributed by atoms with Crippen molar-refractivity contribution >= 4 is 23.6 Å². The molecule has 0 fully saturated rings. The zero-order valence-corrected chi connectivity index (χ0v) is 13.3. The maximum Gasteiger partial charge on any atom is 0.166 e. The van der Waals surface area contributed by atoms with Crippen LogP contribution in [0.1, 0.15) is 5.69 Å². The van der Waals surface area contributed by atoms with Gasteiger partial charge in [-0.1, -0.05) is 12.1 Å². The first kappa shape index (κ1) is 15.8. The SMILES string of the molecule is Fc1cccc(OCc2csc(=S)n2-c2c(F)cccc2F)c1. The first-order chi connectivity index (χ1) is 11.1. The molecule has 7 heteroatoms. The second-order valence-electron chi connectivity index (χ2n) is 4.64. The number of nitrogens with zero attached hydrogens (tertiary/aromatic N) is 1. The standard InChI is InChI=1S/C16H10F3NOS2/c17-10-3-1-4-12(7-10)21-8-11-9-23-16(22)20(11)15-13(18)5-2-6-14(15)19/h1-7,9H,8H2. The Morgan fingerprint density at radius 3 is 2.43 bits per heavy atom. The third-order valence-electron chi connectivity index (χ3n) is 3.11. The smallest absolute Gasteiger partial charge is 0.166 e. The highest BCUT2D eigenvalue weighted by molar-refractivity contribution is 7.73. The fourth-order valence-corrected chi connectivity index (χ4v) is 3.17. The van der Waals surface area contributed by atoms with E-state index in [0.29, 0.717) is 15.4 Å². The molecule has 1 heterocycles. The van der Waals surface area contributed by atoms with Crippen LogP contribution < -0.4 is 4.74 Å². The number of aromatic nitrogens is 1. The van der Waals surface area contributed by atoms with Gasteiger partial charge in [0.25, 0.3) is 0 Å². The van der Waals surface area contributed by atoms with E-state index in [-0.39, 0.29) is 12.3 Å². The summed E-state index contributed by atoms with van der Waals surface area (Å²) in [6.45, 7) is 0.00433.